The fourth-order valence-electron chi connectivity index (χ4n) is 3.56. The minimum Gasteiger partial charge on any atom is -0.328 e. The van der Waals surface area contributed by atoms with Gasteiger partial charge in [-0.15, -0.1) is 0 Å². The lowest BCUT2D eigenvalue weighted by Gasteiger charge is -2.29. The maximum absolute atomic E-state index is 5.63. The molecule has 21 heavy (non-hydrogen) atoms. The van der Waals surface area contributed by atoms with E-state index in [0.29, 0.717) is 6.04 Å². The molecule has 0 radical (unpaired) electrons. The van der Waals surface area contributed by atoms with Crippen LogP contribution >= 0.6 is 24.0 Å². The van der Waals surface area contributed by atoms with E-state index in [0.717, 1.165) is 34.1 Å². The minimum atomic E-state index is 0.516. The number of fused-ring (bicyclic) bond motifs is 1. The van der Waals surface area contributed by atoms with E-state index in [4.69, 9.17) is 12.2 Å². The molecule has 4 nitrogen and oxygen atoms in total. The average Bonchev–Trinajstić information content (AvgIpc) is 2.97. The van der Waals surface area contributed by atoms with Gasteiger partial charge in [0.1, 0.15) is 5.52 Å². The van der Waals surface area contributed by atoms with Crippen molar-refractivity contribution in [1.29, 1.82) is 0 Å². The second-order valence-electron chi connectivity index (χ2n) is 6.00. The van der Waals surface area contributed by atoms with Crippen LogP contribution in [0.3, 0.4) is 0 Å². The van der Waals surface area contributed by atoms with Crippen LogP contribution in [-0.4, -0.2) is 30.8 Å². The maximum Gasteiger partial charge on any atom is 0.179 e. The van der Waals surface area contributed by atoms with E-state index in [9.17, 15) is 0 Å². The highest BCUT2D eigenvalue weighted by molar-refractivity contribution is 7.99. The zero-order valence-electron chi connectivity index (χ0n) is 13.1. The zero-order valence-corrected chi connectivity index (χ0v) is 14.7. The van der Waals surface area contributed by atoms with Gasteiger partial charge in [0, 0.05) is 18.3 Å². The van der Waals surface area contributed by atoms with Crippen LogP contribution in [-0.2, 0) is 13.5 Å². The molecular weight excluding hydrogens is 300 g/mol. The molecule has 2 atom stereocenters. The molecule has 116 valence electrons. The van der Waals surface area contributed by atoms with Crippen LogP contribution < -0.4 is 0 Å². The topological polar surface area (TPSA) is 38.5 Å². The number of aromatic nitrogens is 4. The van der Waals surface area contributed by atoms with E-state index in [1.807, 2.05) is 23.5 Å². The highest BCUT2D eigenvalue weighted by Crippen LogP contribution is 2.36. The molecular formula is C15H24N4S2. The molecule has 1 saturated carbocycles. The maximum atomic E-state index is 5.63. The second-order valence-corrected chi connectivity index (χ2v) is 7.52. The summed E-state index contributed by atoms with van der Waals surface area (Å²) in [7, 11) is 2.04. The van der Waals surface area contributed by atoms with Gasteiger partial charge in [-0.2, -0.15) is 16.9 Å². The molecule has 2 heterocycles. The molecule has 0 amide bonds. The first-order chi connectivity index (χ1) is 10.2. The molecule has 0 aliphatic heterocycles. The summed E-state index contributed by atoms with van der Waals surface area (Å²) < 4.78 is 5.20. The molecule has 2 unspecified atom stereocenters. The van der Waals surface area contributed by atoms with Crippen LogP contribution in [0.4, 0.5) is 0 Å². The van der Waals surface area contributed by atoms with Gasteiger partial charge in [-0.3, -0.25) is 9.25 Å². The molecule has 0 aromatic carbocycles. The molecule has 1 aliphatic rings. The van der Waals surface area contributed by atoms with Crippen molar-refractivity contribution in [3.63, 3.8) is 0 Å². The van der Waals surface area contributed by atoms with Gasteiger partial charge in [0.05, 0.1) is 5.69 Å². The number of H-pyrrole nitrogens is 1. The Bertz CT molecular complexity index is 682. The molecule has 1 fully saturated rings. The summed E-state index contributed by atoms with van der Waals surface area (Å²) >= 11 is 7.62. The van der Waals surface area contributed by atoms with Gasteiger partial charge < -0.3 is 4.98 Å². The Morgan fingerprint density at radius 3 is 2.95 bits per heavy atom. The molecule has 0 saturated heterocycles. The molecule has 1 aliphatic carbocycles. The summed E-state index contributed by atoms with van der Waals surface area (Å²) in [6.07, 6.45) is 9.42. The normalized spacial score (nSPS) is 23.0. The van der Waals surface area contributed by atoms with Crippen molar-refractivity contribution in [1.82, 2.24) is 19.3 Å². The van der Waals surface area contributed by atoms with Gasteiger partial charge in [0.15, 0.2) is 10.4 Å². The SMILES string of the molecule is CCCc1nn(C)c2c1[nH]c(=S)n2C1CCCC(SC)C1. The van der Waals surface area contributed by atoms with E-state index in [1.54, 1.807) is 0 Å². The van der Waals surface area contributed by atoms with Crippen molar-refractivity contribution in [2.75, 3.05) is 6.26 Å². The van der Waals surface area contributed by atoms with E-state index in [-0.39, 0.29) is 0 Å². The van der Waals surface area contributed by atoms with Crippen LogP contribution in [0.5, 0.6) is 0 Å². The van der Waals surface area contributed by atoms with Crippen molar-refractivity contribution in [2.45, 2.75) is 56.7 Å². The van der Waals surface area contributed by atoms with Crippen molar-refractivity contribution in [3.05, 3.63) is 10.5 Å². The standard InChI is InChI=1S/C15H24N4S2/c1-4-6-12-13-14(18(2)17-12)19(15(20)16-13)10-7-5-8-11(9-10)21-3/h10-11H,4-9H2,1-3H3,(H,16,20). The predicted octanol–water partition coefficient (Wildman–Crippen LogP) is 4.23. The number of nitrogens with zero attached hydrogens (tertiary/aromatic N) is 3. The third-order valence-corrected chi connectivity index (χ3v) is 5.95. The smallest absolute Gasteiger partial charge is 0.179 e. The number of rotatable bonds is 4. The summed E-state index contributed by atoms with van der Waals surface area (Å²) in [5, 5.41) is 5.45. The van der Waals surface area contributed by atoms with Crippen LogP contribution in [0.15, 0.2) is 0 Å². The lowest BCUT2D eigenvalue weighted by Crippen LogP contribution is -2.21. The quantitative estimate of drug-likeness (QED) is 0.855. The van der Waals surface area contributed by atoms with Gasteiger partial charge in [-0.05, 0) is 44.2 Å². The predicted molar refractivity (Wildman–Crippen MR) is 92.7 cm³/mol. The fraction of sp³-hybridized carbons (Fsp3) is 0.733. The van der Waals surface area contributed by atoms with Crippen LogP contribution in [0.2, 0.25) is 0 Å². The van der Waals surface area contributed by atoms with Crippen molar-refractivity contribution in [2.24, 2.45) is 7.05 Å². The van der Waals surface area contributed by atoms with Crippen LogP contribution in [0, 0.1) is 4.77 Å². The summed E-state index contributed by atoms with van der Waals surface area (Å²) in [5.74, 6) is 0. The van der Waals surface area contributed by atoms with Gasteiger partial charge in [-0.1, -0.05) is 19.8 Å². The molecule has 2 aromatic heterocycles. The Labute approximate surface area is 135 Å². The van der Waals surface area contributed by atoms with E-state index >= 15 is 0 Å². The van der Waals surface area contributed by atoms with Gasteiger partial charge in [-0.25, -0.2) is 0 Å². The molecule has 0 spiro atoms. The van der Waals surface area contributed by atoms with E-state index < -0.39 is 0 Å². The lowest BCUT2D eigenvalue weighted by molar-refractivity contribution is 0.361. The number of aryl methyl sites for hydroxylation is 2. The van der Waals surface area contributed by atoms with E-state index in [2.05, 4.69) is 27.8 Å². The number of thioether (sulfide) groups is 1. The largest absolute Gasteiger partial charge is 0.328 e. The number of hydrogen-bond acceptors (Lipinski definition) is 3. The summed E-state index contributed by atoms with van der Waals surface area (Å²) in [6.45, 7) is 2.19. The second kappa shape index (κ2) is 6.16. The Kier molecular flexibility index (Phi) is 4.45. The van der Waals surface area contributed by atoms with E-state index in [1.165, 1.54) is 31.3 Å². The molecule has 1 N–H and O–H groups in total. The third kappa shape index (κ3) is 2.68. The van der Waals surface area contributed by atoms with Gasteiger partial charge in [0.2, 0.25) is 0 Å². The number of nitrogens with one attached hydrogen (secondary N) is 1. The molecule has 3 rings (SSSR count). The number of hydrogen-bond donors (Lipinski definition) is 1. The third-order valence-electron chi connectivity index (χ3n) is 4.55. The Morgan fingerprint density at radius 2 is 2.24 bits per heavy atom. The highest BCUT2D eigenvalue weighted by Gasteiger charge is 2.26. The first-order valence-corrected chi connectivity index (χ1v) is 9.54. The highest BCUT2D eigenvalue weighted by atomic mass is 32.2. The average molecular weight is 325 g/mol. The molecule has 6 heteroatoms. The Morgan fingerprint density at radius 1 is 1.43 bits per heavy atom. The Hall–Kier alpha value is -0.750. The zero-order chi connectivity index (χ0) is 15.0. The first-order valence-electron chi connectivity index (χ1n) is 7.84. The van der Waals surface area contributed by atoms with Gasteiger partial charge in [0.25, 0.3) is 0 Å². The van der Waals surface area contributed by atoms with Crippen molar-refractivity contribution >= 4 is 35.1 Å². The van der Waals surface area contributed by atoms with Gasteiger partial charge >= 0.3 is 0 Å². The monoisotopic (exact) mass is 324 g/mol. The van der Waals surface area contributed by atoms with Crippen molar-refractivity contribution in [3.8, 4) is 0 Å². The summed E-state index contributed by atoms with van der Waals surface area (Å²) in [6, 6.07) is 0.516. The minimum absolute atomic E-state index is 0.516. The number of imidazole rings is 1. The molecule has 0 bridgehead atoms. The first kappa shape index (κ1) is 15.2. The van der Waals surface area contributed by atoms with Crippen LogP contribution in [0.25, 0.3) is 11.2 Å². The number of aromatic amines is 1. The Balaban J connectivity index is 2.06. The van der Waals surface area contributed by atoms with Crippen molar-refractivity contribution < 1.29 is 0 Å². The lowest BCUT2D eigenvalue weighted by atomic mass is 9.95. The summed E-state index contributed by atoms with van der Waals surface area (Å²) in [4.78, 5) is 3.42. The fourth-order valence-corrected chi connectivity index (χ4v) is 4.71. The van der Waals surface area contributed by atoms with Crippen LogP contribution in [0.1, 0.15) is 50.8 Å². The molecule has 2 aromatic rings. The summed E-state index contributed by atoms with van der Waals surface area (Å²) in [5.41, 5.74) is 3.47.